The minimum atomic E-state index is 0.660. The van der Waals surface area contributed by atoms with Crippen LogP contribution in [-0.2, 0) is 4.74 Å². The number of hydrogen-bond acceptors (Lipinski definition) is 2. The number of rotatable bonds is 2. The molecule has 0 atom stereocenters. The lowest BCUT2D eigenvalue weighted by atomic mass is 10.1. The molecule has 2 nitrogen and oxygen atoms in total. The predicted molar refractivity (Wildman–Crippen MR) is 53.3 cm³/mol. The minimum absolute atomic E-state index is 0.660. The highest BCUT2D eigenvalue weighted by atomic mass is 16.5. The molecule has 0 fully saturated rings. The average Bonchev–Trinajstić information content (AvgIpc) is 2.55. The maximum atomic E-state index is 5.17. The topological polar surface area (TPSA) is 21.6 Å². The fourth-order valence-corrected chi connectivity index (χ4v) is 0.981. The van der Waals surface area contributed by atoms with Crippen molar-refractivity contribution < 1.29 is 4.74 Å². The van der Waals surface area contributed by atoms with Gasteiger partial charge in [-0.25, -0.2) is 4.99 Å². The van der Waals surface area contributed by atoms with Crippen molar-refractivity contribution in [1.29, 1.82) is 0 Å². The van der Waals surface area contributed by atoms with Gasteiger partial charge in [-0.2, -0.15) is 0 Å². The summed E-state index contributed by atoms with van der Waals surface area (Å²) in [6, 6.07) is 0. The third-order valence-corrected chi connectivity index (χ3v) is 1.51. The van der Waals surface area contributed by atoms with Crippen molar-refractivity contribution in [3.8, 4) is 0 Å². The highest BCUT2D eigenvalue weighted by Crippen LogP contribution is 2.24. The second kappa shape index (κ2) is 5.58. The van der Waals surface area contributed by atoms with E-state index < -0.39 is 0 Å². The molecule has 1 heterocycles. The Kier molecular flexibility index (Phi) is 5.09. The van der Waals surface area contributed by atoms with Gasteiger partial charge in [0.2, 0.25) is 5.88 Å². The zero-order chi connectivity index (χ0) is 9.56. The van der Waals surface area contributed by atoms with E-state index in [2.05, 4.69) is 18.3 Å². The Morgan fingerprint density at radius 3 is 2.42 bits per heavy atom. The largest absolute Gasteiger partial charge is 0.477 e. The Labute approximate surface area is 74.7 Å². The monoisotopic (exact) mass is 167 g/mol. The van der Waals surface area contributed by atoms with Crippen molar-refractivity contribution in [3.63, 3.8) is 0 Å². The molecule has 0 bridgehead atoms. The first kappa shape index (κ1) is 11.0. The smallest absolute Gasteiger partial charge is 0.216 e. The Hall–Kier alpha value is -1.05. The summed E-state index contributed by atoms with van der Waals surface area (Å²) in [6.45, 7) is 13.9. The molecule has 1 aliphatic rings. The minimum Gasteiger partial charge on any atom is -0.477 e. The van der Waals surface area contributed by atoms with Crippen molar-refractivity contribution in [2.45, 2.75) is 27.2 Å². The van der Waals surface area contributed by atoms with Crippen LogP contribution in [0.3, 0.4) is 0 Å². The third-order valence-electron chi connectivity index (χ3n) is 1.51. The zero-order valence-corrected chi connectivity index (χ0v) is 8.18. The summed E-state index contributed by atoms with van der Waals surface area (Å²) in [5.74, 6) is 0.660. The number of hydrogen-bond donors (Lipinski definition) is 0. The Morgan fingerprint density at radius 2 is 2.08 bits per heavy atom. The zero-order valence-electron chi connectivity index (χ0n) is 8.18. The van der Waals surface area contributed by atoms with E-state index >= 15 is 0 Å². The van der Waals surface area contributed by atoms with Crippen molar-refractivity contribution >= 4 is 6.72 Å². The fourth-order valence-electron chi connectivity index (χ4n) is 0.981. The van der Waals surface area contributed by atoms with E-state index in [-0.39, 0.29) is 0 Å². The van der Waals surface area contributed by atoms with E-state index in [1.807, 2.05) is 20.8 Å². The quantitative estimate of drug-likeness (QED) is 0.579. The normalized spacial score (nSPS) is 14.6. The van der Waals surface area contributed by atoms with E-state index in [4.69, 9.17) is 4.74 Å². The van der Waals surface area contributed by atoms with Gasteiger partial charge in [-0.15, -0.1) is 0 Å². The molecule has 0 aliphatic carbocycles. The fraction of sp³-hybridized carbons (Fsp3) is 0.500. The molecule has 0 unspecified atom stereocenters. The molecule has 68 valence electrons. The molecule has 2 heteroatoms. The van der Waals surface area contributed by atoms with Gasteiger partial charge in [0.05, 0.1) is 6.61 Å². The van der Waals surface area contributed by atoms with Gasteiger partial charge in [0.1, 0.15) is 0 Å². The lowest BCUT2D eigenvalue weighted by molar-refractivity contribution is 0.243. The first-order valence-electron chi connectivity index (χ1n) is 4.24. The standard InChI is InChI=1S/C8H11NO.C2H6/c1-6(2)7-4-5-10-8(7)9-3;1-2/h1,3-5H2,2H3;1-2H3. The van der Waals surface area contributed by atoms with Crippen LogP contribution < -0.4 is 0 Å². The van der Waals surface area contributed by atoms with Gasteiger partial charge in [-0.05, 0) is 19.2 Å². The molecule has 0 aromatic carbocycles. The van der Waals surface area contributed by atoms with Crippen LogP contribution in [0.4, 0.5) is 0 Å². The van der Waals surface area contributed by atoms with Crippen LogP contribution in [0.1, 0.15) is 27.2 Å². The molecule has 1 aliphatic heterocycles. The second-order valence-corrected chi connectivity index (χ2v) is 2.32. The van der Waals surface area contributed by atoms with Crippen LogP contribution in [0.15, 0.2) is 28.6 Å². The summed E-state index contributed by atoms with van der Waals surface area (Å²) >= 11 is 0. The molecule has 0 amide bonds. The van der Waals surface area contributed by atoms with Crippen LogP contribution in [0.2, 0.25) is 0 Å². The van der Waals surface area contributed by atoms with Crippen LogP contribution in [-0.4, -0.2) is 13.3 Å². The predicted octanol–water partition coefficient (Wildman–Crippen LogP) is 2.92. The molecule has 12 heavy (non-hydrogen) atoms. The summed E-state index contributed by atoms with van der Waals surface area (Å²) in [5.41, 5.74) is 2.13. The van der Waals surface area contributed by atoms with Crippen molar-refractivity contribution in [3.05, 3.63) is 23.6 Å². The highest BCUT2D eigenvalue weighted by Gasteiger charge is 2.14. The maximum Gasteiger partial charge on any atom is 0.216 e. The first-order chi connectivity index (χ1) is 5.75. The van der Waals surface area contributed by atoms with Gasteiger partial charge in [0.25, 0.3) is 0 Å². The summed E-state index contributed by atoms with van der Waals surface area (Å²) < 4.78 is 5.17. The average molecular weight is 167 g/mol. The maximum absolute atomic E-state index is 5.17. The Morgan fingerprint density at radius 1 is 1.50 bits per heavy atom. The molecular weight excluding hydrogens is 150 g/mol. The number of allylic oxidation sites excluding steroid dienone is 1. The Bertz CT molecular complexity index is 204. The molecule has 0 radical (unpaired) electrons. The van der Waals surface area contributed by atoms with Crippen LogP contribution in [0.5, 0.6) is 0 Å². The molecule has 0 saturated heterocycles. The molecule has 0 N–H and O–H groups in total. The van der Waals surface area contributed by atoms with E-state index in [1.54, 1.807) is 0 Å². The lowest BCUT2D eigenvalue weighted by Crippen LogP contribution is -1.81. The van der Waals surface area contributed by atoms with Gasteiger partial charge >= 0.3 is 0 Å². The molecule has 0 spiro atoms. The molecule has 0 aromatic rings. The van der Waals surface area contributed by atoms with Gasteiger partial charge in [-0.1, -0.05) is 20.4 Å². The number of nitrogens with zero attached hydrogens (tertiary/aromatic N) is 1. The van der Waals surface area contributed by atoms with E-state index in [1.165, 1.54) is 0 Å². The summed E-state index contributed by atoms with van der Waals surface area (Å²) in [6.07, 6.45) is 0.920. The SMILES string of the molecule is C=NC1=C(C(=C)C)CCO1.CC. The van der Waals surface area contributed by atoms with Crippen molar-refractivity contribution in [2.24, 2.45) is 4.99 Å². The molecule has 0 saturated carbocycles. The summed E-state index contributed by atoms with van der Waals surface area (Å²) in [5, 5.41) is 0. The van der Waals surface area contributed by atoms with Crippen LogP contribution in [0.25, 0.3) is 0 Å². The molecule has 0 aromatic heterocycles. The highest BCUT2D eigenvalue weighted by molar-refractivity contribution is 5.36. The summed E-state index contributed by atoms with van der Waals surface area (Å²) in [7, 11) is 0. The second-order valence-electron chi connectivity index (χ2n) is 2.32. The van der Waals surface area contributed by atoms with Crippen molar-refractivity contribution in [2.75, 3.05) is 6.61 Å². The van der Waals surface area contributed by atoms with E-state index in [0.717, 1.165) is 24.2 Å². The molecular formula is C10H17NO. The lowest BCUT2D eigenvalue weighted by Gasteiger charge is -1.97. The summed E-state index contributed by atoms with van der Waals surface area (Å²) in [4.78, 5) is 3.74. The third kappa shape index (κ3) is 2.53. The number of aliphatic imine (C=N–C) groups is 1. The van der Waals surface area contributed by atoms with Gasteiger partial charge in [0, 0.05) is 12.0 Å². The van der Waals surface area contributed by atoms with E-state index in [9.17, 15) is 0 Å². The van der Waals surface area contributed by atoms with Gasteiger partial charge in [-0.3, -0.25) is 0 Å². The van der Waals surface area contributed by atoms with Gasteiger partial charge in [0.15, 0.2) is 0 Å². The molecule has 1 rings (SSSR count). The van der Waals surface area contributed by atoms with Crippen molar-refractivity contribution in [1.82, 2.24) is 0 Å². The van der Waals surface area contributed by atoms with Crippen LogP contribution >= 0.6 is 0 Å². The Balaban J connectivity index is 0.000000561. The first-order valence-corrected chi connectivity index (χ1v) is 4.24. The van der Waals surface area contributed by atoms with E-state index in [0.29, 0.717) is 5.88 Å². The van der Waals surface area contributed by atoms with Crippen LogP contribution in [0, 0.1) is 0 Å². The number of ether oxygens (including phenoxy) is 1. The van der Waals surface area contributed by atoms with Gasteiger partial charge < -0.3 is 4.74 Å².